The Morgan fingerprint density at radius 3 is 2.29 bits per heavy atom. The Morgan fingerprint density at radius 2 is 1.86 bits per heavy atom. The number of anilines is 1. The third kappa shape index (κ3) is 2.70. The monoisotopic (exact) mass is 253 g/mol. The number of benzene rings is 1. The van der Waals surface area contributed by atoms with Crippen molar-refractivity contribution in [2.24, 2.45) is 0 Å². The summed E-state index contributed by atoms with van der Waals surface area (Å²) in [6.07, 6.45) is 2.26. The molecule has 1 aromatic carbocycles. The van der Waals surface area contributed by atoms with Gasteiger partial charge in [0, 0.05) is 24.3 Å². The van der Waals surface area contributed by atoms with E-state index in [9.17, 15) is 4.79 Å². The van der Waals surface area contributed by atoms with Crippen LogP contribution in [-0.4, -0.2) is 20.4 Å². The summed E-state index contributed by atoms with van der Waals surface area (Å²) in [5.74, 6) is 0. The quantitative estimate of drug-likeness (QED) is 0.610. The highest BCUT2D eigenvalue weighted by molar-refractivity contribution is 9.15. The molecule has 0 atom stereocenters. The Morgan fingerprint density at radius 1 is 1.29 bits per heavy atom. The normalized spacial score (nSPS) is 11.2. The summed E-state index contributed by atoms with van der Waals surface area (Å²) in [5.41, 5.74) is 2.14. The Bertz CT molecular complexity index is 341. The Kier molecular flexibility index (Phi) is 3.89. The minimum absolute atomic E-state index is 0.768. The van der Waals surface area contributed by atoms with Gasteiger partial charge in [-0.1, -0.05) is 28.1 Å². The zero-order valence-electron chi connectivity index (χ0n) is 8.20. The number of hydrogen-bond donors (Lipinski definition) is 0. The molecule has 14 heavy (non-hydrogen) atoms. The molecule has 0 unspecified atom stereocenters. The van der Waals surface area contributed by atoms with Crippen LogP contribution in [0, 0.1) is 0 Å². The van der Waals surface area contributed by atoms with E-state index >= 15 is 0 Å². The van der Waals surface area contributed by atoms with Gasteiger partial charge in [0.2, 0.25) is 0 Å². The third-order valence-electron chi connectivity index (χ3n) is 1.87. The number of halogens is 1. The summed E-state index contributed by atoms with van der Waals surface area (Å²) in [6, 6.07) is 7.96. The highest BCUT2D eigenvalue weighted by Crippen LogP contribution is 2.22. The third-order valence-corrected chi connectivity index (χ3v) is 2.60. The molecular weight excluding hydrogens is 242 g/mol. The smallest absolute Gasteiger partial charge is 0.143 e. The number of carbonyl (C=O) groups excluding carboxylic acids is 1. The molecule has 0 heterocycles. The molecule has 0 aliphatic heterocycles. The zero-order chi connectivity index (χ0) is 10.6. The number of hydrogen-bond acceptors (Lipinski definition) is 2. The second-order valence-corrected chi connectivity index (χ2v) is 3.95. The van der Waals surface area contributed by atoms with E-state index in [-0.39, 0.29) is 0 Å². The van der Waals surface area contributed by atoms with E-state index < -0.39 is 0 Å². The molecule has 1 rings (SSSR count). The van der Waals surface area contributed by atoms with E-state index in [1.807, 2.05) is 43.3 Å². The van der Waals surface area contributed by atoms with Gasteiger partial charge in [0.05, 0.1) is 0 Å². The van der Waals surface area contributed by atoms with Crippen molar-refractivity contribution in [2.45, 2.75) is 0 Å². The lowest BCUT2D eigenvalue weighted by atomic mass is 10.2. The summed E-state index contributed by atoms with van der Waals surface area (Å²) < 4.78 is 0.804. The summed E-state index contributed by atoms with van der Waals surface area (Å²) in [7, 11) is 3.98. The topological polar surface area (TPSA) is 20.3 Å². The molecule has 2 nitrogen and oxygen atoms in total. The number of nitrogens with zero attached hydrogens (tertiary/aromatic N) is 1. The van der Waals surface area contributed by atoms with Crippen LogP contribution in [0.25, 0.3) is 4.48 Å². The molecular formula is C11H12BrNO. The van der Waals surface area contributed by atoms with Gasteiger partial charge in [-0.2, -0.15) is 0 Å². The summed E-state index contributed by atoms with van der Waals surface area (Å²) in [4.78, 5) is 12.3. The van der Waals surface area contributed by atoms with Crippen LogP contribution in [0.4, 0.5) is 5.69 Å². The second kappa shape index (κ2) is 4.96. The minimum atomic E-state index is 0.768. The van der Waals surface area contributed by atoms with E-state index in [2.05, 4.69) is 15.9 Å². The average molecular weight is 254 g/mol. The highest BCUT2D eigenvalue weighted by atomic mass is 79.9. The van der Waals surface area contributed by atoms with Crippen molar-refractivity contribution >= 4 is 32.4 Å². The van der Waals surface area contributed by atoms with Crippen molar-refractivity contribution in [1.29, 1.82) is 0 Å². The predicted octanol–water partition coefficient (Wildman–Crippen LogP) is 2.69. The van der Waals surface area contributed by atoms with E-state index in [4.69, 9.17) is 0 Å². The van der Waals surface area contributed by atoms with Crippen LogP contribution < -0.4 is 4.90 Å². The van der Waals surface area contributed by atoms with Crippen molar-refractivity contribution in [3.63, 3.8) is 0 Å². The first kappa shape index (κ1) is 11.0. The first-order valence-electron chi connectivity index (χ1n) is 4.24. The fourth-order valence-corrected chi connectivity index (χ4v) is 1.45. The minimum Gasteiger partial charge on any atom is -0.378 e. The van der Waals surface area contributed by atoms with Gasteiger partial charge in [-0.25, -0.2) is 0 Å². The Balaban J connectivity index is 2.93. The lowest BCUT2D eigenvalue weighted by molar-refractivity contribution is -0.104. The molecule has 0 aromatic heterocycles. The maximum absolute atomic E-state index is 10.2. The molecule has 0 aliphatic rings. The van der Waals surface area contributed by atoms with Gasteiger partial charge in [-0.05, 0) is 23.8 Å². The lowest BCUT2D eigenvalue weighted by Crippen LogP contribution is -2.07. The van der Waals surface area contributed by atoms with Gasteiger partial charge in [-0.3, -0.25) is 4.79 Å². The zero-order valence-corrected chi connectivity index (χ0v) is 9.78. The summed E-state index contributed by atoms with van der Waals surface area (Å²) in [5, 5.41) is 0. The van der Waals surface area contributed by atoms with Crippen LogP contribution in [0.1, 0.15) is 5.56 Å². The maximum Gasteiger partial charge on any atom is 0.143 e. The van der Waals surface area contributed by atoms with Crippen LogP contribution in [0.3, 0.4) is 0 Å². The molecule has 0 bridgehead atoms. The van der Waals surface area contributed by atoms with Gasteiger partial charge in [0.1, 0.15) is 6.29 Å². The van der Waals surface area contributed by atoms with Crippen LogP contribution in [0.5, 0.6) is 0 Å². The van der Waals surface area contributed by atoms with Crippen molar-refractivity contribution in [2.75, 3.05) is 19.0 Å². The predicted molar refractivity (Wildman–Crippen MR) is 63.7 cm³/mol. The second-order valence-electron chi connectivity index (χ2n) is 3.09. The molecule has 0 fully saturated rings. The molecule has 74 valence electrons. The van der Waals surface area contributed by atoms with Gasteiger partial charge in [-0.15, -0.1) is 0 Å². The molecule has 0 saturated heterocycles. The van der Waals surface area contributed by atoms with Crippen molar-refractivity contribution in [1.82, 2.24) is 0 Å². The molecule has 0 aliphatic carbocycles. The van der Waals surface area contributed by atoms with Gasteiger partial charge in [0.25, 0.3) is 0 Å². The first-order chi connectivity index (χ1) is 6.65. The van der Waals surface area contributed by atoms with Crippen molar-refractivity contribution in [3.8, 4) is 0 Å². The van der Waals surface area contributed by atoms with E-state index in [1.54, 1.807) is 0 Å². The van der Waals surface area contributed by atoms with Crippen LogP contribution >= 0.6 is 15.9 Å². The van der Waals surface area contributed by atoms with Gasteiger partial charge in [0.15, 0.2) is 0 Å². The molecule has 0 amide bonds. The fraction of sp³-hybridized carbons (Fsp3) is 0.182. The summed E-state index contributed by atoms with van der Waals surface area (Å²) in [6.45, 7) is 0. The van der Waals surface area contributed by atoms with Gasteiger partial charge >= 0.3 is 0 Å². The van der Waals surface area contributed by atoms with Crippen molar-refractivity contribution < 1.29 is 4.79 Å². The molecule has 0 radical (unpaired) electrons. The van der Waals surface area contributed by atoms with E-state index in [1.165, 1.54) is 6.08 Å². The lowest BCUT2D eigenvalue weighted by Gasteiger charge is -2.12. The van der Waals surface area contributed by atoms with E-state index in [0.29, 0.717) is 0 Å². The summed E-state index contributed by atoms with van der Waals surface area (Å²) >= 11 is 3.32. The first-order valence-corrected chi connectivity index (χ1v) is 5.03. The Labute approximate surface area is 92.4 Å². The SMILES string of the molecule is CN(C)c1ccc(/C(Br)=C/C=O)cc1. The molecule has 0 saturated carbocycles. The molecule has 3 heteroatoms. The highest BCUT2D eigenvalue weighted by Gasteiger charge is 1.98. The number of carbonyl (C=O) groups is 1. The van der Waals surface area contributed by atoms with Crippen LogP contribution in [0.15, 0.2) is 30.3 Å². The molecule has 0 N–H and O–H groups in total. The number of aldehydes is 1. The average Bonchev–Trinajstić information content (AvgIpc) is 2.18. The molecule has 1 aromatic rings. The van der Waals surface area contributed by atoms with Crippen LogP contribution in [-0.2, 0) is 4.79 Å². The van der Waals surface area contributed by atoms with Crippen LogP contribution in [0.2, 0.25) is 0 Å². The van der Waals surface area contributed by atoms with Gasteiger partial charge < -0.3 is 4.90 Å². The van der Waals surface area contributed by atoms with E-state index in [0.717, 1.165) is 22.0 Å². The van der Waals surface area contributed by atoms with Crippen molar-refractivity contribution in [3.05, 3.63) is 35.9 Å². The largest absolute Gasteiger partial charge is 0.378 e. The Hall–Kier alpha value is -1.09. The maximum atomic E-state index is 10.2. The fourth-order valence-electron chi connectivity index (χ4n) is 1.07. The standard InChI is InChI=1S/C11H12BrNO/c1-13(2)10-5-3-9(4-6-10)11(12)7-8-14/h3-8H,1-2H3/b11-7-. The molecule has 0 spiro atoms. The number of allylic oxidation sites excluding steroid dienone is 1. The number of rotatable bonds is 3.